The summed E-state index contributed by atoms with van der Waals surface area (Å²) in [4.78, 5) is 16.1. The minimum atomic E-state index is 0.0740. The number of carbonyl (C=O) groups excluding carboxylic acids is 1. The first-order valence-corrected chi connectivity index (χ1v) is 7.77. The Kier molecular flexibility index (Phi) is 5.52. The van der Waals surface area contributed by atoms with E-state index in [1.807, 2.05) is 36.1 Å². The zero-order chi connectivity index (χ0) is 15.2. The van der Waals surface area contributed by atoms with Gasteiger partial charge in [-0.25, -0.2) is 0 Å². The lowest BCUT2D eigenvalue weighted by atomic mass is 10.1. The van der Waals surface area contributed by atoms with E-state index in [9.17, 15) is 4.79 Å². The molecule has 1 aliphatic heterocycles. The third kappa shape index (κ3) is 4.15. The van der Waals surface area contributed by atoms with E-state index in [4.69, 9.17) is 12.2 Å². The second-order valence-corrected chi connectivity index (χ2v) is 5.69. The molecule has 21 heavy (non-hydrogen) atoms. The molecule has 0 saturated carbocycles. The van der Waals surface area contributed by atoms with Gasteiger partial charge < -0.3 is 20.4 Å². The molecule has 6 heteroatoms. The molecule has 1 saturated heterocycles. The van der Waals surface area contributed by atoms with Crippen LogP contribution in [0.2, 0.25) is 0 Å². The third-order valence-corrected chi connectivity index (χ3v) is 3.89. The van der Waals surface area contributed by atoms with E-state index in [-0.39, 0.29) is 5.91 Å². The van der Waals surface area contributed by atoms with Crippen LogP contribution in [0.4, 0.5) is 5.69 Å². The van der Waals surface area contributed by atoms with Crippen LogP contribution in [0, 0.1) is 0 Å². The highest BCUT2D eigenvalue weighted by Gasteiger charge is 2.24. The van der Waals surface area contributed by atoms with Crippen LogP contribution >= 0.6 is 12.2 Å². The van der Waals surface area contributed by atoms with Gasteiger partial charge in [0, 0.05) is 6.54 Å². The van der Waals surface area contributed by atoms with E-state index >= 15 is 0 Å². The van der Waals surface area contributed by atoms with Gasteiger partial charge >= 0.3 is 0 Å². The van der Waals surface area contributed by atoms with E-state index in [0.29, 0.717) is 10.7 Å². The van der Waals surface area contributed by atoms with Gasteiger partial charge in [-0.05, 0) is 31.3 Å². The van der Waals surface area contributed by atoms with Gasteiger partial charge in [-0.15, -0.1) is 0 Å². The van der Waals surface area contributed by atoms with E-state index in [1.54, 1.807) is 0 Å². The molecule has 0 unspecified atom stereocenters. The molecule has 0 atom stereocenters. The summed E-state index contributed by atoms with van der Waals surface area (Å²) < 4.78 is 0. The Hall–Kier alpha value is -1.66. The van der Waals surface area contributed by atoms with Crippen molar-refractivity contribution in [3.05, 3.63) is 29.8 Å². The summed E-state index contributed by atoms with van der Waals surface area (Å²) in [6.07, 6.45) is 0. The van der Waals surface area contributed by atoms with Crippen molar-refractivity contribution < 1.29 is 9.69 Å². The molecule has 0 aromatic heterocycles. The fraction of sp³-hybridized carbons (Fsp3) is 0.467. The van der Waals surface area contributed by atoms with E-state index in [1.165, 1.54) is 4.90 Å². The van der Waals surface area contributed by atoms with Crippen LogP contribution in [0.3, 0.4) is 0 Å². The van der Waals surface area contributed by atoms with Gasteiger partial charge in [0.25, 0.3) is 5.91 Å². The maximum absolute atomic E-state index is 12.7. The second-order valence-electron chi connectivity index (χ2n) is 5.28. The number of hydrogen-bond acceptors (Lipinski definition) is 2. The molecular formula is C15H23N4OS+. The Labute approximate surface area is 131 Å². The number of rotatable bonds is 3. The van der Waals surface area contributed by atoms with Crippen LogP contribution < -0.4 is 15.5 Å². The predicted octanol–water partition coefficient (Wildman–Crippen LogP) is -0.0366. The molecular weight excluding hydrogens is 284 g/mol. The number of nitrogens with zero attached hydrogens (tertiary/aromatic N) is 1. The predicted molar refractivity (Wildman–Crippen MR) is 88.9 cm³/mol. The maximum Gasteiger partial charge on any atom is 0.256 e. The highest BCUT2D eigenvalue weighted by molar-refractivity contribution is 7.80. The smallest absolute Gasteiger partial charge is 0.256 e. The standard InChI is InChI=1S/C15H22N4OS/c1-3-16-15(21)17-13-7-5-4-6-12(13)14(20)19-10-8-18(2)9-11-19/h4-7H,3,8-11H2,1-2H3,(H2,16,17,21)/p+1. The van der Waals surface area contributed by atoms with Gasteiger partial charge in [-0.3, -0.25) is 4.79 Å². The van der Waals surface area contributed by atoms with Gasteiger partial charge in [0.1, 0.15) is 0 Å². The first-order chi connectivity index (χ1) is 10.1. The number of benzene rings is 1. The van der Waals surface area contributed by atoms with Crippen LogP contribution in [0.1, 0.15) is 17.3 Å². The molecule has 1 aromatic rings. The minimum Gasteiger partial charge on any atom is -0.363 e. The fourth-order valence-corrected chi connectivity index (χ4v) is 2.62. The van der Waals surface area contributed by atoms with Gasteiger partial charge in [0.15, 0.2) is 5.11 Å². The molecule has 2 rings (SSSR count). The van der Waals surface area contributed by atoms with Gasteiger partial charge in [-0.2, -0.15) is 0 Å². The molecule has 1 aliphatic rings. The summed E-state index contributed by atoms with van der Waals surface area (Å²) in [5.74, 6) is 0.0740. The average molecular weight is 307 g/mol. The molecule has 0 bridgehead atoms. The lowest BCUT2D eigenvalue weighted by molar-refractivity contribution is -0.883. The highest BCUT2D eigenvalue weighted by atomic mass is 32.1. The Bertz CT molecular complexity index is 512. The minimum absolute atomic E-state index is 0.0740. The number of hydrogen-bond donors (Lipinski definition) is 3. The van der Waals surface area contributed by atoms with E-state index in [2.05, 4.69) is 17.7 Å². The summed E-state index contributed by atoms with van der Waals surface area (Å²) in [7, 11) is 2.16. The van der Waals surface area contributed by atoms with Crippen molar-refractivity contribution in [1.29, 1.82) is 0 Å². The van der Waals surface area contributed by atoms with Crippen LogP contribution in [-0.2, 0) is 0 Å². The number of thiocarbonyl (C=S) groups is 1. The number of piperazine rings is 1. The number of anilines is 1. The molecule has 1 fully saturated rings. The van der Waals surface area contributed by atoms with Crippen LogP contribution in [0.5, 0.6) is 0 Å². The average Bonchev–Trinajstić information content (AvgIpc) is 2.48. The van der Waals surface area contributed by atoms with Crippen LogP contribution in [-0.4, -0.2) is 55.7 Å². The van der Waals surface area contributed by atoms with Gasteiger partial charge in [0.2, 0.25) is 0 Å². The largest absolute Gasteiger partial charge is 0.363 e. The lowest BCUT2D eigenvalue weighted by Gasteiger charge is -2.30. The first-order valence-electron chi connectivity index (χ1n) is 7.36. The van der Waals surface area contributed by atoms with Crippen molar-refractivity contribution in [3.8, 4) is 0 Å². The SMILES string of the molecule is CCNC(=S)Nc1ccccc1C(=O)N1CC[NH+](C)CC1. The molecule has 1 heterocycles. The van der Waals surface area contributed by atoms with Crippen LogP contribution in [0.15, 0.2) is 24.3 Å². The van der Waals surface area contributed by atoms with E-state index < -0.39 is 0 Å². The summed E-state index contributed by atoms with van der Waals surface area (Å²) >= 11 is 5.20. The Morgan fingerprint density at radius 3 is 2.67 bits per heavy atom. The molecule has 114 valence electrons. The number of carbonyl (C=O) groups is 1. The highest BCUT2D eigenvalue weighted by Crippen LogP contribution is 2.17. The topological polar surface area (TPSA) is 48.8 Å². The Morgan fingerprint density at radius 2 is 2.00 bits per heavy atom. The number of nitrogens with one attached hydrogen (secondary N) is 3. The van der Waals surface area contributed by atoms with E-state index in [0.717, 1.165) is 38.4 Å². The lowest BCUT2D eigenvalue weighted by Crippen LogP contribution is -3.12. The van der Waals surface area contributed by atoms with Crippen molar-refractivity contribution in [2.24, 2.45) is 0 Å². The third-order valence-electron chi connectivity index (χ3n) is 3.65. The zero-order valence-corrected chi connectivity index (χ0v) is 13.4. The molecule has 5 nitrogen and oxygen atoms in total. The van der Waals surface area contributed by atoms with Crippen molar-refractivity contribution in [2.75, 3.05) is 45.1 Å². The van der Waals surface area contributed by atoms with Crippen LogP contribution in [0.25, 0.3) is 0 Å². The fourth-order valence-electron chi connectivity index (χ4n) is 2.37. The second kappa shape index (κ2) is 7.38. The number of para-hydroxylation sites is 1. The van der Waals surface area contributed by atoms with Crippen molar-refractivity contribution >= 4 is 28.9 Å². The normalized spacial score (nSPS) is 15.6. The monoisotopic (exact) mass is 307 g/mol. The Balaban J connectivity index is 2.11. The number of likely N-dealkylation sites (N-methyl/N-ethyl adjacent to an activating group) is 1. The Morgan fingerprint density at radius 1 is 1.33 bits per heavy atom. The quantitative estimate of drug-likeness (QED) is 0.686. The van der Waals surface area contributed by atoms with Crippen molar-refractivity contribution in [2.45, 2.75) is 6.92 Å². The molecule has 0 radical (unpaired) electrons. The summed E-state index contributed by atoms with van der Waals surface area (Å²) in [5.41, 5.74) is 1.44. The molecule has 1 aromatic carbocycles. The molecule has 0 spiro atoms. The summed E-state index contributed by atoms with van der Waals surface area (Å²) in [5, 5.41) is 6.69. The molecule has 0 aliphatic carbocycles. The van der Waals surface area contributed by atoms with Gasteiger partial charge in [-0.1, -0.05) is 12.1 Å². The zero-order valence-electron chi connectivity index (χ0n) is 12.6. The van der Waals surface area contributed by atoms with Crippen molar-refractivity contribution in [3.63, 3.8) is 0 Å². The molecule has 1 amide bonds. The first kappa shape index (κ1) is 15.7. The van der Waals surface area contributed by atoms with Gasteiger partial charge in [0.05, 0.1) is 44.5 Å². The van der Waals surface area contributed by atoms with Crippen molar-refractivity contribution in [1.82, 2.24) is 10.2 Å². The number of amides is 1. The molecule has 3 N–H and O–H groups in total. The maximum atomic E-state index is 12.7. The number of quaternary nitrogens is 1. The summed E-state index contributed by atoms with van der Waals surface area (Å²) in [6.45, 7) is 6.34. The summed E-state index contributed by atoms with van der Waals surface area (Å²) in [6, 6.07) is 7.53.